The first-order chi connectivity index (χ1) is 9.97. The van der Waals surface area contributed by atoms with E-state index in [1.54, 1.807) is 17.0 Å². The number of carboxylic acids is 1. The van der Waals surface area contributed by atoms with Crippen molar-refractivity contribution in [2.45, 2.75) is 18.9 Å². The van der Waals surface area contributed by atoms with Crippen LogP contribution in [0.4, 0.5) is 0 Å². The number of hydrogen-bond acceptors (Lipinski definition) is 3. The maximum absolute atomic E-state index is 12.3. The molecule has 0 unspecified atom stereocenters. The first-order valence-corrected chi connectivity index (χ1v) is 7.03. The molecule has 2 N–H and O–H groups in total. The predicted octanol–water partition coefficient (Wildman–Crippen LogP) is 2.03. The summed E-state index contributed by atoms with van der Waals surface area (Å²) in [6.07, 6.45) is 3.21. The van der Waals surface area contributed by atoms with E-state index in [-0.39, 0.29) is 12.0 Å². The largest absolute Gasteiger partial charge is 0.478 e. The molecule has 0 atom stereocenters. The number of carboxylic acid groups (broad SMARTS) is 1. The van der Waals surface area contributed by atoms with Crippen LogP contribution in [0, 0.1) is 0 Å². The standard InChI is InChI=1S/C15H16ClNO4/c16-13-9-11(2-1-10(13)3-4-14(19)20)15(21)17-7-5-12(18)6-8-17/h1-4,9,12,18H,5-8H2,(H,19,20)/b4-3+. The minimum atomic E-state index is -1.06. The molecule has 112 valence electrons. The second-order valence-corrected chi connectivity index (χ2v) is 5.34. The molecule has 1 aromatic rings. The van der Waals surface area contributed by atoms with Gasteiger partial charge in [-0.15, -0.1) is 0 Å². The van der Waals surface area contributed by atoms with Gasteiger partial charge in [-0.3, -0.25) is 4.79 Å². The summed E-state index contributed by atoms with van der Waals surface area (Å²) in [6, 6.07) is 4.78. The number of carbonyl (C=O) groups is 2. The van der Waals surface area contributed by atoms with Crippen LogP contribution in [0.15, 0.2) is 24.3 Å². The summed E-state index contributed by atoms with van der Waals surface area (Å²) in [5.74, 6) is -1.18. The Morgan fingerprint density at radius 3 is 2.52 bits per heavy atom. The number of likely N-dealkylation sites (tertiary alicyclic amines) is 1. The molecule has 6 heteroatoms. The SMILES string of the molecule is O=C(O)/C=C/c1ccc(C(=O)N2CCC(O)CC2)cc1Cl. The van der Waals surface area contributed by atoms with E-state index in [1.807, 2.05) is 0 Å². The summed E-state index contributed by atoms with van der Waals surface area (Å²) in [6.45, 7) is 1.05. The lowest BCUT2D eigenvalue weighted by Gasteiger charge is -2.29. The minimum absolute atomic E-state index is 0.127. The summed E-state index contributed by atoms with van der Waals surface area (Å²) >= 11 is 6.06. The van der Waals surface area contributed by atoms with Crippen LogP contribution in [0.1, 0.15) is 28.8 Å². The summed E-state index contributed by atoms with van der Waals surface area (Å²) in [5.41, 5.74) is 1.01. The molecule has 2 rings (SSSR count). The van der Waals surface area contributed by atoms with Crippen LogP contribution in [0.5, 0.6) is 0 Å². The number of nitrogens with zero attached hydrogens (tertiary/aromatic N) is 1. The van der Waals surface area contributed by atoms with Gasteiger partial charge in [0.2, 0.25) is 0 Å². The molecule has 5 nitrogen and oxygen atoms in total. The van der Waals surface area contributed by atoms with Gasteiger partial charge in [0.15, 0.2) is 0 Å². The number of amides is 1. The summed E-state index contributed by atoms with van der Waals surface area (Å²) in [5, 5.41) is 18.4. The van der Waals surface area contributed by atoms with Crippen molar-refractivity contribution in [1.29, 1.82) is 0 Å². The van der Waals surface area contributed by atoms with Gasteiger partial charge in [-0.25, -0.2) is 4.79 Å². The normalized spacial score (nSPS) is 16.4. The number of aliphatic hydroxyl groups is 1. The van der Waals surface area contributed by atoms with Crippen molar-refractivity contribution < 1.29 is 19.8 Å². The number of rotatable bonds is 3. The van der Waals surface area contributed by atoms with Crippen molar-refractivity contribution in [2.24, 2.45) is 0 Å². The third kappa shape index (κ3) is 4.06. The molecule has 1 saturated heterocycles. The van der Waals surface area contributed by atoms with E-state index >= 15 is 0 Å². The van der Waals surface area contributed by atoms with E-state index in [4.69, 9.17) is 16.7 Å². The van der Waals surface area contributed by atoms with Crippen LogP contribution in [0.2, 0.25) is 5.02 Å². The lowest BCUT2D eigenvalue weighted by molar-refractivity contribution is -0.131. The van der Waals surface area contributed by atoms with E-state index in [0.29, 0.717) is 42.1 Å². The minimum Gasteiger partial charge on any atom is -0.478 e. The first-order valence-electron chi connectivity index (χ1n) is 6.65. The molecule has 21 heavy (non-hydrogen) atoms. The van der Waals surface area contributed by atoms with Crippen LogP contribution < -0.4 is 0 Å². The quantitative estimate of drug-likeness (QED) is 0.838. The lowest BCUT2D eigenvalue weighted by Crippen LogP contribution is -2.40. The van der Waals surface area contributed by atoms with Crippen molar-refractivity contribution in [1.82, 2.24) is 4.90 Å². The molecular weight excluding hydrogens is 294 g/mol. The maximum Gasteiger partial charge on any atom is 0.328 e. The van der Waals surface area contributed by atoms with Crippen LogP contribution in [-0.2, 0) is 4.79 Å². The highest BCUT2D eigenvalue weighted by Gasteiger charge is 2.22. The zero-order valence-corrected chi connectivity index (χ0v) is 12.1. The molecule has 0 spiro atoms. The number of benzene rings is 1. The van der Waals surface area contributed by atoms with E-state index in [1.165, 1.54) is 12.1 Å². The first kappa shape index (κ1) is 15.5. The van der Waals surface area contributed by atoms with E-state index < -0.39 is 5.97 Å². The third-order valence-corrected chi connectivity index (χ3v) is 3.73. The highest BCUT2D eigenvalue weighted by atomic mass is 35.5. The van der Waals surface area contributed by atoms with Gasteiger partial charge in [0.25, 0.3) is 5.91 Å². The molecule has 0 saturated carbocycles. The molecule has 0 aliphatic carbocycles. The lowest BCUT2D eigenvalue weighted by atomic mass is 10.1. The molecule has 0 radical (unpaired) electrons. The summed E-state index contributed by atoms with van der Waals surface area (Å²) in [7, 11) is 0. The topological polar surface area (TPSA) is 77.8 Å². The van der Waals surface area contributed by atoms with E-state index in [9.17, 15) is 14.7 Å². The zero-order valence-electron chi connectivity index (χ0n) is 11.3. The molecular formula is C15H16ClNO4. The molecule has 0 bridgehead atoms. The van der Waals surface area contributed by atoms with Crippen molar-refractivity contribution in [2.75, 3.05) is 13.1 Å². The Labute approximate surface area is 127 Å². The van der Waals surface area contributed by atoms with Crippen molar-refractivity contribution >= 4 is 29.6 Å². The Kier molecular flexibility index (Phi) is 4.98. The van der Waals surface area contributed by atoms with Gasteiger partial charge in [0.1, 0.15) is 0 Å². The molecule has 1 fully saturated rings. The van der Waals surface area contributed by atoms with Gasteiger partial charge < -0.3 is 15.1 Å². The fraction of sp³-hybridized carbons (Fsp3) is 0.333. The van der Waals surface area contributed by atoms with Gasteiger partial charge in [-0.05, 0) is 36.6 Å². The Bertz CT molecular complexity index is 577. The predicted molar refractivity (Wildman–Crippen MR) is 79.3 cm³/mol. The Morgan fingerprint density at radius 2 is 1.95 bits per heavy atom. The fourth-order valence-electron chi connectivity index (χ4n) is 2.21. The zero-order chi connectivity index (χ0) is 15.4. The Hall–Kier alpha value is -1.85. The second kappa shape index (κ2) is 6.74. The summed E-state index contributed by atoms with van der Waals surface area (Å²) in [4.78, 5) is 24.5. The monoisotopic (exact) mass is 309 g/mol. The maximum atomic E-state index is 12.3. The number of piperidine rings is 1. The highest BCUT2D eigenvalue weighted by Crippen LogP contribution is 2.21. The molecule has 1 heterocycles. The number of hydrogen-bond donors (Lipinski definition) is 2. The Balaban J connectivity index is 2.12. The van der Waals surface area contributed by atoms with Gasteiger partial charge in [0.05, 0.1) is 6.10 Å². The Morgan fingerprint density at radius 1 is 1.29 bits per heavy atom. The summed E-state index contributed by atoms with van der Waals surface area (Å²) < 4.78 is 0. The molecule has 0 aromatic heterocycles. The number of aliphatic carboxylic acids is 1. The van der Waals surface area contributed by atoms with E-state index in [2.05, 4.69) is 0 Å². The third-order valence-electron chi connectivity index (χ3n) is 3.40. The van der Waals surface area contributed by atoms with Gasteiger partial charge in [-0.2, -0.15) is 0 Å². The van der Waals surface area contributed by atoms with Gasteiger partial charge in [-0.1, -0.05) is 17.7 Å². The second-order valence-electron chi connectivity index (χ2n) is 4.93. The average molecular weight is 310 g/mol. The number of halogens is 1. The highest BCUT2D eigenvalue weighted by molar-refractivity contribution is 6.32. The number of carbonyl (C=O) groups excluding carboxylic acids is 1. The van der Waals surface area contributed by atoms with Crippen LogP contribution in [0.25, 0.3) is 6.08 Å². The smallest absolute Gasteiger partial charge is 0.328 e. The molecule has 1 amide bonds. The fourth-order valence-corrected chi connectivity index (χ4v) is 2.45. The molecule has 1 aliphatic heterocycles. The molecule has 1 aromatic carbocycles. The average Bonchev–Trinajstić information content (AvgIpc) is 2.46. The van der Waals surface area contributed by atoms with Crippen LogP contribution >= 0.6 is 11.6 Å². The van der Waals surface area contributed by atoms with Gasteiger partial charge in [0, 0.05) is 29.8 Å². The van der Waals surface area contributed by atoms with Crippen molar-refractivity contribution in [3.05, 3.63) is 40.4 Å². The van der Waals surface area contributed by atoms with Crippen LogP contribution in [-0.4, -0.2) is 46.2 Å². The van der Waals surface area contributed by atoms with Crippen LogP contribution in [0.3, 0.4) is 0 Å². The van der Waals surface area contributed by atoms with Gasteiger partial charge >= 0.3 is 5.97 Å². The number of aliphatic hydroxyl groups excluding tert-OH is 1. The van der Waals surface area contributed by atoms with E-state index in [0.717, 1.165) is 6.08 Å². The molecule has 1 aliphatic rings. The van der Waals surface area contributed by atoms with Crippen molar-refractivity contribution in [3.8, 4) is 0 Å². The van der Waals surface area contributed by atoms with Crippen molar-refractivity contribution in [3.63, 3.8) is 0 Å².